The molecule has 0 N–H and O–H groups in total. The second-order valence-electron chi connectivity index (χ2n) is 7.54. The van der Waals surface area contributed by atoms with Gasteiger partial charge in [-0.05, 0) is 50.3 Å². The van der Waals surface area contributed by atoms with Crippen molar-refractivity contribution in [3.05, 3.63) is 47.3 Å². The summed E-state index contributed by atoms with van der Waals surface area (Å²) in [6.45, 7) is 6.90. The van der Waals surface area contributed by atoms with Gasteiger partial charge in [0.25, 0.3) is 5.91 Å². The number of hydrogen-bond donors (Lipinski definition) is 0. The molecule has 0 radical (unpaired) electrons. The van der Waals surface area contributed by atoms with E-state index in [9.17, 15) is 4.79 Å². The minimum absolute atomic E-state index is 0.0290. The Morgan fingerprint density at radius 2 is 1.96 bits per heavy atom. The number of likely N-dealkylation sites (tertiary alicyclic amines) is 2. The summed E-state index contributed by atoms with van der Waals surface area (Å²) in [5.74, 6) is 0.0290. The predicted molar refractivity (Wildman–Crippen MR) is 99.9 cm³/mol. The van der Waals surface area contributed by atoms with Crippen molar-refractivity contribution in [3.63, 3.8) is 0 Å². The molecule has 2 aliphatic rings. The Bertz CT molecular complexity index is 765. The molecule has 0 spiro atoms. The van der Waals surface area contributed by atoms with Gasteiger partial charge in [-0.15, -0.1) is 5.10 Å². The number of rotatable bonds is 4. The second-order valence-corrected chi connectivity index (χ2v) is 7.54. The van der Waals surface area contributed by atoms with Crippen LogP contribution in [0.3, 0.4) is 0 Å². The van der Waals surface area contributed by atoms with Crippen molar-refractivity contribution in [3.8, 4) is 0 Å². The normalized spacial score (nSPS) is 21.3. The van der Waals surface area contributed by atoms with E-state index in [1.54, 1.807) is 0 Å². The third-order valence-electron chi connectivity index (χ3n) is 5.63. The van der Waals surface area contributed by atoms with Crippen LogP contribution < -0.4 is 0 Å². The second kappa shape index (κ2) is 7.58. The Morgan fingerprint density at radius 3 is 2.77 bits per heavy atom. The Kier molecular flexibility index (Phi) is 5.02. The zero-order chi connectivity index (χ0) is 17.9. The Labute approximate surface area is 154 Å². The van der Waals surface area contributed by atoms with Crippen LogP contribution in [0.4, 0.5) is 0 Å². The van der Waals surface area contributed by atoms with Gasteiger partial charge in [-0.2, -0.15) is 0 Å². The summed E-state index contributed by atoms with van der Waals surface area (Å²) in [5.41, 5.74) is 3.22. The van der Waals surface area contributed by atoms with E-state index in [1.807, 2.05) is 15.8 Å². The standard InChI is InChI=1S/C20H27N5O/c1-16-7-2-3-8-17(16)13-23-10-6-9-18(14-23)25-15-19(21-22-25)20(26)24-11-4-5-12-24/h2-3,7-8,15,18H,4-6,9-14H2,1H3. The van der Waals surface area contributed by atoms with Crippen LogP contribution in [0, 0.1) is 6.92 Å². The first kappa shape index (κ1) is 17.2. The van der Waals surface area contributed by atoms with Crippen LogP contribution in [-0.2, 0) is 6.54 Å². The van der Waals surface area contributed by atoms with Crippen molar-refractivity contribution in [1.82, 2.24) is 24.8 Å². The number of aromatic nitrogens is 3. The van der Waals surface area contributed by atoms with Crippen molar-refractivity contribution >= 4 is 5.91 Å². The van der Waals surface area contributed by atoms with E-state index in [1.165, 1.54) is 11.1 Å². The molecule has 138 valence electrons. The lowest BCUT2D eigenvalue weighted by molar-refractivity contribution is 0.0787. The van der Waals surface area contributed by atoms with Crippen LogP contribution >= 0.6 is 0 Å². The fourth-order valence-corrected chi connectivity index (χ4v) is 4.05. The Morgan fingerprint density at radius 1 is 1.15 bits per heavy atom. The van der Waals surface area contributed by atoms with Crippen molar-refractivity contribution in [1.29, 1.82) is 0 Å². The highest BCUT2D eigenvalue weighted by Crippen LogP contribution is 2.23. The van der Waals surface area contributed by atoms with Crippen LogP contribution in [0.5, 0.6) is 0 Å². The summed E-state index contributed by atoms with van der Waals surface area (Å²) in [6, 6.07) is 8.87. The molecule has 1 aromatic carbocycles. The summed E-state index contributed by atoms with van der Waals surface area (Å²) in [4.78, 5) is 16.9. The third-order valence-corrected chi connectivity index (χ3v) is 5.63. The van der Waals surface area contributed by atoms with Gasteiger partial charge in [-0.1, -0.05) is 29.5 Å². The number of benzene rings is 1. The van der Waals surface area contributed by atoms with Crippen molar-refractivity contribution in [2.75, 3.05) is 26.2 Å². The van der Waals surface area contributed by atoms with Gasteiger partial charge in [-0.3, -0.25) is 9.69 Å². The van der Waals surface area contributed by atoms with Gasteiger partial charge in [0.1, 0.15) is 0 Å². The number of hydrogen-bond acceptors (Lipinski definition) is 4. The van der Waals surface area contributed by atoms with Gasteiger partial charge >= 0.3 is 0 Å². The Hall–Kier alpha value is -2.21. The molecule has 6 nitrogen and oxygen atoms in total. The topological polar surface area (TPSA) is 54.3 Å². The monoisotopic (exact) mass is 353 g/mol. The fourth-order valence-electron chi connectivity index (χ4n) is 4.05. The summed E-state index contributed by atoms with van der Waals surface area (Å²) in [6.07, 6.45) is 6.27. The number of amides is 1. The minimum Gasteiger partial charge on any atom is -0.337 e. The molecule has 4 rings (SSSR count). The molecular weight excluding hydrogens is 326 g/mol. The molecule has 6 heteroatoms. The largest absolute Gasteiger partial charge is 0.337 e. The molecule has 1 atom stereocenters. The van der Waals surface area contributed by atoms with Gasteiger partial charge in [0.05, 0.1) is 12.2 Å². The van der Waals surface area contributed by atoms with Crippen LogP contribution in [0.2, 0.25) is 0 Å². The van der Waals surface area contributed by atoms with Gasteiger partial charge in [0, 0.05) is 26.2 Å². The number of aryl methyl sites for hydroxylation is 1. The van der Waals surface area contributed by atoms with Crippen LogP contribution in [0.15, 0.2) is 30.5 Å². The number of piperidine rings is 1. The average Bonchev–Trinajstić information content (AvgIpc) is 3.36. The molecule has 0 bridgehead atoms. The number of carbonyl (C=O) groups excluding carboxylic acids is 1. The average molecular weight is 353 g/mol. The molecule has 1 unspecified atom stereocenters. The van der Waals surface area contributed by atoms with Crippen LogP contribution in [0.25, 0.3) is 0 Å². The summed E-state index contributed by atoms with van der Waals surface area (Å²) < 4.78 is 1.91. The van der Waals surface area contributed by atoms with E-state index in [4.69, 9.17) is 0 Å². The van der Waals surface area contributed by atoms with E-state index >= 15 is 0 Å². The van der Waals surface area contributed by atoms with Gasteiger partial charge in [-0.25, -0.2) is 4.68 Å². The van der Waals surface area contributed by atoms with E-state index < -0.39 is 0 Å². The minimum atomic E-state index is 0.0290. The van der Waals surface area contributed by atoms with E-state index in [0.29, 0.717) is 11.7 Å². The summed E-state index contributed by atoms with van der Waals surface area (Å²) in [7, 11) is 0. The van der Waals surface area contributed by atoms with E-state index in [-0.39, 0.29) is 5.91 Å². The van der Waals surface area contributed by atoms with Crippen molar-refractivity contribution in [2.45, 2.75) is 45.2 Å². The first-order valence-electron chi connectivity index (χ1n) is 9.68. The molecule has 2 fully saturated rings. The zero-order valence-corrected chi connectivity index (χ0v) is 15.5. The third kappa shape index (κ3) is 3.65. The Balaban J connectivity index is 1.41. The summed E-state index contributed by atoms with van der Waals surface area (Å²) in [5, 5.41) is 8.45. The maximum Gasteiger partial charge on any atom is 0.276 e. The molecular formula is C20H27N5O. The number of carbonyl (C=O) groups is 1. The van der Waals surface area contributed by atoms with Crippen LogP contribution in [-0.4, -0.2) is 56.9 Å². The quantitative estimate of drug-likeness (QED) is 0.848. The first-order valence-corrected chi connectivity index (χ1v) is 9.68. The lowest BCUT2D eigenvalue weighted by Crippen LogP contribution is -2.36. The highest BCUT2D eigenvalue weighted by Gasteiger charge is 2.26. The van der Waals surface area contributed by atoms with Gasteiger partial charge < -0.3 is 4.90 Å². The highest BCUT2D eigenvalue weighted by atomic mass is 16.2. The lowest BCUT2D eigenvalue weighted by Gasteiger charge is -2.32. The molecule has 26 heavy (non-hydrogen) atoms. The van der Waals surface area contributed by atoms with Crippen LogP contribution in [0.1, 0.15) is 53.3 Å². The molecule has 2 saturated heterocycles. The van der Waals surface area contributed by atoms with E-state index in [2.05, 4.69) is 46.4 Å². The molecule has 1 amide bonds. The van der Waals surface area contributed by atoms with E-state index in [0.717, 1.165) is 58.4 Å². The SMILES string of the molecule is Cc1ccccc1CN1CCCC(n2cc(C(=O)N3CCCC3)nn2)C1. The molecule has 2 aromatic rings. The maximum absolute atomic E-state index is 12.5. The number of nitrogens with zero attached hydrogens (tertiary/aromatic N) is 5. The van der Waals surface area contributed by atoms with Crippen molar-refractivity contribution in [2.24, 2.45) is 0 Å². The highest BCUT2D eigenvalue weighted by molar-refractivity contribution is 5.92. The summed E-state index contributed by atoms with van der Waals surface area (Å²) >= 11 is 0. The molecule has 1 aromatic heterocycles. The predicted octanol–water partition coefficient (Wildman–Crippen LogP) is 2.66. The van der Waals surface area contributed by atoms with Gasteiger partial charge in [0.15, 0.2) is 5.69 Å². The smallest absolute Gasteiger partial charge is 0.276 e. The molecule has 0 aliphatic carbocycles. The lowest BCUT2D eigenvalue weighted by atomic mass is 10.0. The zero-order valence-electron chi connectivity index (χ0n) is 15.5. The molecule has 0 saturated carbocycles. The van der Waals surface area contributed by atoms with Gasteiger partial charge in [0.2, 0.25) is 0 Å². The fraction of sp³-hybridized carbons (Fsp3) is 0.550. The molecule has 2 aliphatic heterocycles. The molecule has 3 heterocycles. The first-order chi connectivity index (χ1) is 12.7. The maximum atomic E-state index is 12.5. The van der Waals surface area contributed by atoms with Crippen molar-refractivity contribution < 1.29 is 4.79 Å².